The fraction of sp³-hybridized carbons (Fsp3) is 0.296. The number of pyridine rings is 2. The van der Waals surface area contributed by atoms with Crippen molar-refractivity contribution in [2.24, 2.45) is 0 Å². The maximum absolute atomic E-state index is 13.5. The van der Waals surface area contributed by atoms with Crippen molar-refractivity contribution in [2.75, 3.05) is 4.90 Å². The zero-order valence-corrected chi connectivity index (χ0v) is 22.4. The van der Waals surface area contributed by atoms with Crippen LogP contribution in [0.15, 0.2) is 60.7 Å². The molecule has 6 rings (SSSR count). The minimum Gasteiger partial charge on any atom is -0.405 e. The predicted octanol–water partition coefficient (Wildman–Crippen LogP) is 3.08. The Bertz CT molecular complexity index is 1500. The molecule has 2 aliphatic heterocycles. The molecule has 3 aromatic heterocycles. The topological polar surface area (TPSA) is 151 Å². The molecule has 3 N–H and O–H groups in total. The first-order chi connectivity index (χ1) is 19.4. The van der Waals surface area contributed by atoms with Gasteiger partial charge in [-0.15, -0.1) is 0 Å². The van der Waals surface area contributed by atoms with Crippen molar-refractivity contribution in [2.45, 2.75) is 54.6 Å². The van der Waals surface area contributed by atoms with Gasteiger partial charge in [-0.2, -0.15) is 0 Å². The van der Waals surface area contributed by atoms with Crippen molar-refractivity contribution < 1.29 is 19.1 Å². The summed E-state index contributed by atoms with van der Waals surface area (Å²) in [5.41, 5.74) is 2.74. The van der Waals surface area contributed by atoms with Gasteiger partial charge in [0.15, 0.2) is 0 Å². The summed E-state index contributed by atoms with van der Waals surface area (Å²) < 4.78 is 5.64. The Labute approximate surface area is 234 Å². The zero-order valence-electron chi connectivity index (χ0n) is 21.5. The smallest absolute Gasteiger partial charge is 0.327 e. The average molecular weight is 559 g/mol. The van der Waals surface area contributed by atoms with Gasteiger partial charge >= 0.3 is 12.0 Å². The molecule has 3 aromatic rings. The Morgan fingerprint density at radius 1 is 1.12 bits per heavy atom. The normalized spacial score (nSPS) is 22.7. The highest BCUT2D eigenvalue weighted by atomic mass is 32.2. The molecule has 12 nitrogen and oxygen atoms in total. The van der Waals surface area contributed by atoms with Gasteiger partial charge in [-0.1, -0.05) is 18.3 Å². The van der Waals surface area contributed by atoms with Crippen LogP contribution in [0.25, 0.3) is 0 Å². The van der Waals surface area contributed by atoms with Crippen LogP contribution in [0.4, 0.5) is 16.2 Å². The SMILES string of the molecule is C=CC(=O)N[C@H]1CCC[C@H]1NC(=O)C1Sc2nccc3c2C1NC(=O)N3c1cnc(Oc2ncccn2)cc1C. The Morgan fingerprint density at radius 2 is 1.90 bits per heavy atom. The summed E-state index contributed by atoms with van der Waals surface area (Å²) in [6, 6.07) is 4.04. The van der Waals surface area contributed by atoms with E-state index in [0.29, 0.717) is 22.3 Å². The molecule has 0 saturated heterocycles. The molecule has 0 aromatic carbocycles. The molecular weight excluding hydrogens is 532 g/mol. The molecule has 1 aliphatic carbocycles. The van der Waals surface area contributed by atoms with Crippen molar-refractivity contribution in [3.63, 3.8) is 0 Å². The van der Waals surface area contributed by atoms with Crippen molar-refractivity contribution in [1.82, 2.24) is 35.9 Å². The number of anilines is 2. The quantitative estimate of drug-likeness (QED) is 0.372. The van der Waals surface area contributed by atoms with Gasteiger partial charge in [0.1, 0.15) is 10.3 Å². The second-order valence-corrected chi connectivity index (χ2v) is 10.8. The first-order valence-electron chi connectivity index (χ1n) is 12.8. The van der Waals surface area contributed by atoms with E-state index in [4.69, 9.17) is 4.74 Å². The molecule has 0 radical (unpaired) electrons. The second kappa shape index (κ2) is 10.6. The summed E-state index contributed by atoms with van der Waals surface area (Å²) >= 11 is 1.32. The molecule has 5 heterocycles. The lowest BCUT2D eigenvalue weighted by Crippen LogP contribution is -2.53. The molecule has 0 bridgehead atoms. The van der Waals surface area contributed by atoms with Crippen molar-refractivity contribution in [3.8, 4) is 11.9 Å². The summed E-state index contributed by atoms with van der Waals surface area (Å²) in [7, 11) is 0. The fourth-order valence-corrected chi connectivity index (χ4v) is 6.56. The highest BCUT2D eigenvalue weighted by Crippen LogP contribution is 2.51. The minimum atomic E-state index is -0.605. The number of hydrogen-bond acceptors (Lipinski definition) is 9. The van der Waals surface area contributed by atoms with Gasteiger partial charge in [0.05, 0.1) is 23.6 Å². The number of thioether (sulfide) groups is 1. The molecule has 4 atom stereocenters. The number of aromatic nitrogens is 4. The van der Waals surface area contributed by atoms with Crippen LogP contribution < -0.4 is 25.6 Å². The highest BCUT2D eigenvalue weighted by Gasteiger charge is 2.47. The molecule has 2 unspecified atom stereocenters. The van der Waals surface area contributed by atoms with E-state index < -0.39 is 11.3 Å². The van der Waals surface area contributed by atoms with Gasteiger partial charge in [-0.05, 0) is 50.0 Å². The third-order valence-corrected chi connectivity index (χ3v) is 8.45. The van der Waals surface area contributed by atoms with Gasteiger partial charge in [0, 0.05) is 42.3 Å². The van der Waals surface area contributed by atoms with E-state index in [1.165, 1.54) is 17.8 Å². The van der Waals surface area contributed by atoms with Crippen LogP contribution in [-0.4, -0.2) is 55.1 Å². The summed E-state index contributed by atoms with van der Waals surface area (Å²) in [5.74, 6) is -0.176. The number of ether oxygens (including phenoxy) is 1. The van der Waals surface area contributed by atoms with Crippen LogP contribution in [0.5, 0.6) is 11.9 Å². The molecule has 1 fully saturated rings. The number of nitrogens with zero attached hydrogens (tertiary/aromatic N) is 5. The van der Waals surface area contributed by atoms with Crippen LogP contribution in [0.1, 0.15) is 36.4 Å². The molecule has 13 heteroatoms. The Kier molecular flexibility index (Phi) is 6.80. The van der Waals surface area contributed by atoms with E-state index in [1.807, 2.05) is 6.92 Å². The monoisotopic (exact) mass is 558 g/mol. The minimum absolute atomic E-state index is 0.163. The lowest BCUT2D eigenvalue weighted by Gasteiger charge is -2.35. The number of rotatable bonds is 7. The number of carbonyl (C=O) groups is 3. The third-order valence-electron chi connectivity index (χ3n) is 7.16. The summed E-state index contributed by atoms with van der Waals surface area (Å²) in [5, 5.41) is 9.10. The van der Waals surface area contributed by atoms with Crippen LogP contribution >= 0.6 is 11.8 Å². The van der Waals surface area contributed by atoms with Gasteiger partial charge in [0.2, 0.25) is 17.7 Å². The number of nitrogens with one attached hydrogen (secondary N) is 3. The van der Waals surface area contributed by atoms with Crippen molar-refractivity contribution >= 4 is 41.0 Å². The third kappa shape index (κ3) is 4.72. The van der Waals surface area contributed by atoms with Crippen LogP contribution in [0, 0.1) is 6.92 Å². The Balaban J connectivity index is 1.23. The molecule has 1 saturated carbocycles. The Morgan fingerprint density at radius 3 is 2.65 bits per heavy atom. The lowest BCUT2D eigenvalue weighted by molar-refractivity contribution is -0.122. The molecule has 204 valence electrons. The van der Waals surface area contributed by atoms with Crippen molar-refractivity contribution in [3.05, 3.63) is 66.8 Å². The summed E-state index contributed by atoms with van der Waals surface area (Å²) in [6.07, 6.45) is 9.99. The maximum Gasteiger partial charge on any atom is 0.327 e. The van der Waals surface area contributed by atoms with E-state index in [0.717, 1.165) is 30.4 Å². The Hall–Kier alpha value is -4.52. The molecule has 0 spiro atoms. The zero-order chi connectivity index (χ0) is 27.8. The highest BCUT2D eigenvalue weighted by molar-refractivity contribution is 8.01. The predicted molar refractivity (Wildman–Crippen MR) is 146 cm³/mol. The van der Waals surface area contributed by atoms with E-state index in [1.54, 1.807) is 47.9 Å². The van der Waals surface area contributed by atoms with Gasteiger partial charge in [0.25, 0.3) is 0 Å². The number of aryl methyl sites for hydroxylation is 1. The number of carbonyl (C=O) groups excluding carboxylic acids is 3. The van der Waals surface area contributed by atoms with Gasteiger partial charge < -0.3 is 20.7 Å². The maximum atomic E-state index is 13.5. The van der Waals surface area contributed by atoms with Gasteiger partial charge in [-0.25, -0.2) is 24.7 Å². The van der Waals surface area contributed by atoms with Crippen molar-refractivity contribution in [1.29, 1.82) is 0 Å². The second-order valence-electron chi connectivity index (χ2n) is 9.66. The van der Waals surface area contributed by atoms with E-state index in [2.05, 4.69) is 42.5 Å². The number of amides is 4. The number of hydrogen-bond donors (Lipinski definition) is 3. The van der Waals surface area contributed by atoms with E-state index in [9.17, 15) is 14.4 Å². The summed E-state index contributed by atoms with van der Waals surface area (Å²) in [4.78, 5) is 57.3. The molecular formula is C27H26N8O4S. The molecule has 3 aliphatic rings. The average Bonchev–Trinajstić information content (AvgIpc) is 3.55. The summed E-state index contributed by atoms with van der Waals surface area (Å²) in [6.45, 7) is 5.35. The lowest BCUT2D eigenvalue weighted by atomic mass is 9.99. The molecule has 40 heavy (non-hydrogen) atoms. The first-order valence-corrected chi connectivity index (χ1v) is 13.7. The van der Waals surface area contributed by atoms with E-state index >= 15 is 0 Å². The molecule has 4 amide bonds. The fourth-order valence-electron chi connectivity index (χ4n) is 5.32. The van der Waals surface area contributed by atoms with Crippen LogP contribution in [0.2, 0.25) is 0 Å². The number of urea groups is 1. The largest absolute Gasteiger partial charge is 0.405 e. The standard InChI is InChI=1S/C27H26N8O4S/c1-3-19(36)32-15-6-4-7-16(15)33-24(37)23-22-21-17(8-11-28-25(21)40-23)35(27(38)34-22)18-13-31-20(12-14(18)2)39-26-29-9-5-10-30-26/h3,5,8-13,15-16,22-23H,1,4,6-7H2,2H3,(H,32,36)(H,33,37)(H,34,38)/t15-,16+,22?,23?/m0/s1. The first kappa shape index (κ1) is 25.7. The van der Waals surface area contributed by atoms with Gasteiger partial charge in [-0.3, -0.25) is 14.5 Å². The van der Waals surface area contributed by atoms with Crippen LogP contribution in [0.3, 0.4) is 0 Å². The van der Waals surface area contributed by atoms with E-state index in [-0.39, 0.29) is 35.9 Å². The van der Waals surface area contributed by atoms with Crippen LogP contribution in [-0.2, 0) is 9.59 Å².